The molecule has 1 unspecified atom stereocenters. The monoisotopic (exact) mass is 351 g/mol. The third-order valence-electron chi connectivity index (χ3n) is 3.81. The Hall–Kier alpha value is -2.06. The van der Waals surface area contributed by atoms with Gasteiger partial charge in [0.25, 0.3) is 0 Å². The minimum absolute atomic E-state index is 0.217. The molecule has 2 heterocycles. The molecule has 0 N–H and O–H groups in total. The molecular formula is C16H18FN3O3S. The van der Waals surface area contributed by atoms with Crippen molar-refractivity contribution >= 4 is 10.0 Å². The van der Waals surface area contributed by atoms with Gasteiger partial charge in [-0.3, -0.25) is 0 Å². The molecule has 24 heavy (non-hydrogen) atoms. The second-order valence-electron chi connectivity index (χ2n) is 5.67. The highest BCUT2D eigenvalue weighted by Crippen LogP contribution is 2.21. The summed E-state index contributed by atoms with van der Waals surface area (Å²) in [5.74, 6) is -0.226. The van der Waals surface area contributed by atoms with Crippen LogP contribution in [0.15, 0.2) is 42.9 Å². The summed E-state index contributed by atoms with van der Waals surface area (Å²) in [4.78, 5) is 7.81. The van der Waals surface area contributed by atoms with Crippen LogP contribution in [0.1, 0.15) is 18.4 Å². The van der Waals surface area contributed by atoms with Crippen molar-refractivity contribution in [3.8, 4) is 5.88 Å². The second kappa shape index (κ2) is 7.23. The summed E-state index contributed by atoms with van der Waals surface area (Å²) < 4.78 is 45.6. The Balaban J connectivity index is 1.67. The fourth-order valence-corrected chi connectivity index (χ4v) is 4.29. The molecule has 1 aromatic heterocycles. The van der Waals surface area contributed by atoms with Crippen LogP contribution in [0.3, 0.4) is 0 Å². The van der Waals surface area contributed by atoms with E-state index in [1.165, 1.54) is 28.8 Å². The molecule has 0 radical (unpaired) electrons. The van der Waals surface area contributed by atoms with Gasteiger partial charge in [0.1, 0.15) is 18.2 Å². The molecule has 128 valence electrons. The molecule has 1 aliphatic rings. The van der Waals surface area contributed by atoms with Crippen LogP contribution in [-0.4, -0.2) is 41.9 Å². The van der Waals surface area contributed by atoms with E-state index in [-0.39, 0.29) is 18.4 Å². The molecular weight excluding hydrogens is 333 g/mol. The van der Waals surface area contributed by atoms with Gasteiger partial charge in [-0.15, -0.1) is 0 Å². The molecule has 2 aromatic rings. The zero-order valence-corrected chi connectivity index (χ0v) is 13.8. The molecule has 0 spiro atoms. The highest BCUT2D eigenvalue weighted by Gasteiger charge is 2.30. The molecule has 0 saturated carbocycles. The SMILES string of the molecule is O=S(=O)(Cc1cccc(F)c1)N1CCCC(Oc2ccncn2)C1. The number of sulfonamides is 1. The fourth-order valence-electron chi connectivity index (χ4n) is 2.70. The van der Waals surface area contributed by atoms with Gasteiger partial charge in [-0.25, -0.2) is 22.8 Å². The van der Waals surface area contributed by atoms with E-state index in [1.807, 2.05) is 0 Å². The number of hydrogen-bond donors (Lipinski definition) is 0. The molecule has 3 rings (SSSR count). The van der Waals surface area contributed by atoms with Gasteiger partial charge in [0.15, 0.2) is 0 Å². The molecule has 0 amide bonds. The average molecular weight is 351 g/mol. The van der Waals surface area contributed by atoms with Crippen LogP contribution in [0.5, 0.6) is 5.88 Å². The smallest absolute Gasteiger partial charge is 0.218 e. The van der Waals surface area contributed by atoms with Gasteiger partial charge in [0.05, 0.1) is 12.3 Å². The van der Waals surface area contributed by atoms with Crippen molar-refractivity contribution in [2.24, 2.45) is 0 Å². The maximum Gasteiger partial charge on any atom is 0.218 e. The van der Waals surface area contributed by atoms with Gasteiger partial charge in [-0.05, 0) is 30.5 Å². The summed E-state index contributed by atoms with van der Waals surface area (Å²) in [6.07, 6.45) is 4.17. The van der Waals surface area contributed by atoms with Crippen molar-refractivity contribution in [3.05, 3.63) is 54.2 Å². The van der Waals surface area contributed by atoms with Crippen molar-refractivity contribution in [1.29, 1.82) is 0 Å². The first-order valence-corrected chi connectivity index (χ1v) is 9.29. The highest BCUT2D eigenvalue weighted by atomic mass is 32.2. The summed E-state index contributed by atoms with van der Waals surface area (Å²) >= 11 is 0. The van der Waals surface area contributed by atoms with E-state index >= 15 is 0 Å². The topological polar surface area (TPSA) is 72.4 Å². The molecule has 1 atom stereocenters. The summed E-state index contributed by atoms with van der Waals surface area (Å²) in [6, 6.07) is 7.30. The number of aromatic nitrogens is 2. The minimum atomic E-state index is -3.52. The van der Waals surface area contributed by atoms with Crippen LogP contribution in [0.25, 0.3) is 0 Å². The van der Waals surface area contributed by atoms with Crippen LogP contribution in [0, 0.1) is 5.82 Å². The lowest BCUT2D eigenvalue weighted by molar-refractivity contribution is 0.124. The van der Waals surface area contributed by atoms with E-state index in [1.54, 1.807) is 18.3 Å². The molecule has 6 nitrogen and oxygen atoms in total. The van der Waals surface area contributed by atoms with E-state index in [2.05, 4.69) is 9.97 Å². The first kappa shape index (κ1) is 16.8. The third-order valence-corrected chi connectivity index (χ3v) is 5.63. The molecule has 0 aliphatic carbocycles. The summed E-state index contributed by atoms with van der Waals surface area (Å²) in [7, 11) is -3.52. The number of nitrogens with zero attached hydrogens (tertiary/aromatic N) is 3. The number of hydrogen-bond acceptors (Lipinski definition) is 5. The Morgan fingerprint density at radius 1 is 1.33 bits per heavy atom. The van der Waals surface area contributed by atoms with Gasteiger partial charge in [-0.2, -0.15) is 4.31 Å². The third kappa shape index (κ3) is 4.27. The lowest BCUT2D eigenvalue weighted by atomic mass is 10.1. The molecule has 1 fully saturated rings. The molecule has 0 bridgehead atoms. The Kier molecular flexibility index (Phi) is 5.06. The predicted octanol–water partition coefficient (Wildman–Crippen LogP) is 1.99. The van der Waals surface area contributed by atoms with E-state index in [0.717, 1.165) is 6.42 Å². The summed E-state index contributed by atoms with van der Waals surface area (Å²) in [5.41, 5.74) is 0.439. The van der Waals surface area contributed by atoms with Crippen molar-refractivity contribution in [3.63, 3.8) is 0 Å². The summed E-state index contributed by atoms with van der Waals surface area (Å²) in [6.45, 7) is 0.711. The highest BCUT2D eigenvalue weighted by molar-refractivity contribution is 7.88. The minimum Gasteiger partial charge on any atom is -0.473 e. The second-order valence-corrected chi connectivity index (χ2v) is 7.64. The zero-order valence-electron chi connectivity index (χ0n) is 13.0. The van der Waals surface area contributed by atoms with Crippen molar-refractivity contribution in [2.45, 2.75) is 24.7 Å². The predicted molar refractivity (Wildman–Crippen MR) is 86.3 cm³/mol. The lowest BCUT2D eigenvalue weighted by Gasteiger charge is -2.31. The number of rotatable bonds is 5. The number of ether oxygens (including phenoxy) is 1. The van der Waals surface area contributed by atoms with Gasteiger partial charge >= 0.3 is 0 Å². The van der Waals surface area contributed by atoms with Crippen LogP contribution >= 0.6 is 0 Å². The maximum atomic E-state index is 13.2. The van der Waals surface area contributed by atoms with Gasteiger partial charge in [0.2, 0.25) is 15.9 Å². The van der Waals surface area contributed by atoms with Gasteiger partial charge < -0.3 is 4.74 Å². The Morgan fingerprint density at radius 2 is 2.21 bits per heavy atom. The van der Waals surface area contributed by atoms with Gasteiger partial charge in [0, 0.05) is 18.8 Å². The summed E-state index contributed by atoms with van der Waals surface area (Å²) in [5, 5.41) is 0. The largest absolute Gasteiger partial charge is 0.473 e. The van der Waals surface area contributed by atoms with Crippen molar-refractivity contribution in [2.75, 3.05) is 13.1 Å². The van der Waals surface area contributed by atoms with Crippen LogP contribution in [0.2, 0.25) is 0 Å². The molecule has 1 aliphatic heterocycles. The Morgan fingerprint density at radius 3 is 2.96 bits per heavy atom. The normalized spacial score (nSPS) is 19.1. The van der Waals surface area contributed by atoms with Gasteiger partial charge in [-0.1, -0.05) is 12.1 Å². The van der Waals surface area contributed by atoms with Crippen LogP contribution in [-0.2, 0) is 15.8 Å². The fraction of sp³-hybridized carbons (Fsp3) is 0.375. The van der Waals surface area contributed by atoms with E-state index in [4.69, 9.17) is 4.74 Å². The van der Waals surface area contributed by atoms with E-state index in [9.17, 15) is 12.8 Å². The average Bonchev–Trinajstić information content (AvgIpc) is 2.56. The van der Waals surface area contributed by atoms with Crippen molar-refractivity contribution in [1.82, 2.24) is 14.3 Å². The van der Waals surface area contributed by atoms with Crippen molar-refractivity contribution < 1.29 is 17.5 Å². The maximum absolute atomic E-state index is 13.2. The number of halogens is 1. The van der Waals surface area contributed by atoms with E-state index in [0.29, 0.717) is 24.4 Å². The molecule has 1 aromatic carbocycles. The number of benzene rings is 1. The standard InChI is InChI=1S/C16H18FN3O3S/c17-14-4-1-3-13(9-14)11-24(21,22)20-8-2-5-15(10-20)23-16-6-7-18-12-19-16/h1,3-4,6-7,9,12,15H,2,5,8,10-11H2. The lowest BCUT2D eigenvalue weighted by Crippen LogP contribution is -2.44. The molecule has 8 heteroatoms. The van der Waals surface area contributed by atoms with Crippen LogP contribution < -0.4 is 4.74 Å². The Labute approximate surface area is 140 Å². The molecule has 1 saturated heterocycles. The first-order valence-electron chi connectivity index (χ1n) is 7.68. The Bertz CT molecular complexity index is 786. The first-order chi connectivity index (χ1) is 11.5. The van der Waals surface area contributed by atoms with E-state index < -0.39 is 15.8 Å². The number of piperidine rings is 1. The zero-order chi connectivity index (χ0) is 17.0. The quantitative estimate of drug-likeness (QED) is 0.824. The van der Waals surface area contributed by atoms with Crippen LogP contribution in [0.4, 0.5) is 4.39 Å².